The van der Waals surface area contributed by atoms with E-state index in [1.165, 1.54) is 5.56 Å². The van der Waals surface area contributed by atoms with Crippen LogP contribution in [0.1, 0.15) is 24.1 Å². The van der Waals surface area contributed by atoms with Gasteiger partial charge in [-0.2, -0.15) is 4.98 Å². The largest absolute Gasteiger partial charge is 0.481 e. The number of benzene rings is 1. The molecule has 0 amide bonds. The van der Waals surface area contributed by atoms with Crippen LogP contribution in [-0.4, -0.2) is 34.1 Å². The number of aromatic nitrogens is 2. The first-order chi connectivity index (χ1) is 11.5. The third-order valence-corrected chi connectivity index (χ3v) is 4.32. The minimum atomic E-state index is -0.699. The molecule has 1 aromatic heterocycles. The van der Waals surface area contributed by atoms with Gasteiger partial charge in [-0.25, -0.2) is 4.98 Å². The van der Waals surface area contributed by atoms with Crippen molar-refractivity contribution in [2.75, 3.05) is 23.3 Å². The SMILES string of the molecule is Cc1ccc(Nc2nc(C)cc(N3CCC(C(=O)O)CC3)n2)cc1. The van der Waals surface area contributed by atoms with Crippen LogP contribution in [-0.2, 0) is 4.79 Å². The summed E-state index contributed by atoms with van der Waals surface area (Å²) in [6.07, 6.45) is 1.30. The summed E-state index contributed by atoms with van der Waals surface area (Å²) in [4.78, 5) is 22.3. The number of aryl methyl sites for hydroxylation is 2. The molecular weight excluding hydrogens is 304 g/mol. The molecule has 0 unspecified atom stereocenters. The van der Waals surface area contributed by atoms with Gasteiger partial charge >= 0.3 is 5.97 Å². The molecule has 2 aromatic rings. The van der Waals surface area contributed by atoms with Crippen molar-refractivity contribution >= 4 is 23.4 Å². The lowest BCUT2D eigenvalue weighted by Crippen LogP contribution is -2.36. The molecule has 1 aromatic carbocycles. The Labute approximate surface area is 141 Å². The Morgan fingerprint density at radius 3 is 2.46 bits per heavy atom. The van der Waals surface area contributed by atoms with E-state index < -0.39 is 5.97 Å². The first-order valence-electron chi connectivity index (χ1n) is 8.18. The molecule has 1 saturated heterocycles. The number of hydrogen-bond acceptors (Lipinski definition) is 5. The number of piperidine rings is 1. The van der Waals surface area contributed by atoms with Crippen LogP contribution in [0.4, 0.5) is 17.5 Å². The van der Waals surface area contributed by atoms with Crippen LogP contribution in [0.25, 0.3) is 0 Å². The summed E-state index contributed by atoms with van der Waals surface area (Å²) in [5.74, 6) is 0.472. The molecular formula is C18H22N4O2. The van der Waals surface area contributed by atoms with Gasteiger partial charge in [-0.1, -0.05) is 17.7 Å². The van der Waals surface area contributed by atoms with E-state index in [4.69, 9.17) is 5.11 Å². The van der Waals surface area contributed by atoms with Crippen LogP contribution in [0.2, 0.25) is 0 Å². The average Bonchev–Trinajstić information content (AvgIpc) is 2.56. The molecule has 2 heterocycles. The molecule has 0 saturated carbocycles. The molecule has 1 fully saturated rings. The van der Waals surface area contributed by atoms with E-state index in [9.17, 15) is 4.79 Å². The van der Waals surface area contributed by atoms with Crippen molar-refractivity contribution in [2.24, 2.45) is 5.92 Å². The van der Waals surface area contributed by atoms with Gasteiger partial charge in [0, 0.05) is 30.5 Å². The minimum Gasteiger partial charge on any atom is -0.481 e. The summed E-state index contributed by atoms with van der Waals surface area (Å²) in [7, 11) is 0. The van der Waals surface area contributed by atoms with Gasteiger partial charge in [0.05, 0.1) is 5.92 Å². The Kier molecular flexibility index (Phi) is 4.64. The molecule has 1 aliphatic heterocycles. The quantitative estimate of drug-likeness (QED) is 0.899. The molecule has 3 rings (SSSR count). The van der Waals surface area contributed by atoms with Gasteiger partial charge in [0.15, 0.2) is 0 Å². The highest BCUT2D eigenvalue weighted by Gasteiger charge is 2.25. The fourth-order valence-corrected chi connectivity index (χ4v) is 2.89. The summed E-state index contributed by atoms with van der Waals surface area (Å²) in [6.45, 7) is 5.40. The van der Waals surface area contributed by atoms with Crippen molar-refractivity contribution in [1.29, 1.82) is 0 Å². The lowest BCUT2D eigenvalue weighted by molar-refractivity contribution is -0.142. The third kappa shape index (κ3) is 3.82. The Balaban J connectivity index is 1.74. The Morgan fingerprint density at radius 1 is 1.17 bits per heavy atom. The number of carboxylic acid groups (broad SMARTS) is 1. The van der Waals surface area contributed by atoms with E-state index in [-0.39, 0.29) is 5.92 Å². The van der Waals surface area contributed by atoms with E-state index >= 15 is 0 Å². The van der Waals surface area contributed by atoms with Gasteiger partial charge in [0.1, 0.15) is 5.82 Å². The first-order valence-corrected chi connectivity index (χ1v) is 8.18. The number of hydrogen-bond donors (Lipinski definition) is 2. The molecule has 126 valence electrons. The first kappa shape index (κ1) is 16.2. The van der Waals surface area contributed by atoms with Crippen LogP contribution in [0.5, 0.6) is 0 Å². The van der Waals surface area contributed by atoms with Gasteiger partial charge in [0.25, 0.3) is 0 Å². The maximum absolute atomic E-state index is 11.1. The van der Waals surface area contributed by atoms with Crippen molar-refractivity contribution in [3.8, 4) is 0 Å². The molecule has 0 radical (unpaired) electrons. The van der Waals surface area contributed by atoms with E-state index in [0.717, 1.165) is 17.2 Å². The van der Waals surface area contributed by atoms with Gasteiger partial charge in [0.2, 0.25) is 5.95 Å². The predicted octanol–water partition coefficient (Wildman–Crippen LogP) is 3.14. The van der Waals surface area contributed by atoms with Crippen LogP contribution >= 0.6 is 0 Å². The number of carbonyl (C=O) groups is 1. The smallest absolute Gasteiger partial charge is 0.306 e. The number of nitrogens with one attached hydrogen (secondary N) is 1. The fourth-order valence-electron chi connectivity index (χ4n) is 2.89. The summed E-state index contributed by atoms with van der Waals surface area (Å²) in [5, 5.41) is 12.3. The topological polar surface area (TPSA) is 78.4 Å². The summed E-state index contributed by atoms with van der Waals surface area (Å²) in [5.41, 5.74) is 3.03. The van der Waals surface area contributed by atoms with Crippen LogP contribution in [0, 0.1) is 19.8 Å². The standard InChI is InChI=1S/C18H22N4O2/c1-12-3-5-15(6-4-12)20-18-19-13(2)11-16(21-18)22-9-7-14(8-10-22)17(23)24/h3-6,11,14H,7-10H2,1-2H3,(H,23,24)(H,19,20,21). The molecule has 0 bridgehead atoms. The molecule has 2 N–H and O–H groups in total. The maximum atomic E-state index is 11.1. The normalized spacial score (nSPS) is 15.3. The second-order valence-electron chi connectivity index (χ2n) is 6.28. The lowest BCUT2D eigenvalue weighted by atomic mass is 9.97. The lowest BCUT2D eigenvalue weighted by Gasteiger charge is -2.31. The van der Waals surface area contributed by atoms with Crippen LogP contribution in [0.15, 0.2) is 30.3 Å². The molecule has 6 heteroatoms. The Morgan fingerprint density at radius 2 is 1.83 bits per heavy atom. The van der Waals surface area contributed by atoms with Crippen molar-refractivity contribution < 1.29 is 9.90 Å². The monoisotopic (exact) mass is 326 g/mol. The van der Waals surface area contributed by atoms with Gasteiger partial charge < -0.3 is 15.3 Å². The van der Waals surface area contributed by atoms with Crippen molar-refractivity contribution in [2.45, 2.75) is 26.7 Å². The van der Waals surface area contributed by atoms with E-state index in [2.05, 4.69) is 20.2 Å². The van der Waals surface area contributed by atoms with E-state index in [1.807, 2.05) is 44.2 Å². The zero-order valence-corrected chi connectivity index (χ0v) is 14.0. The summed E-state index contributed by atoms with van der Waals surface area (Å²) in [6, 6.07) is 10.0. The summed E-state index contributed by atoms with van der Waals surface area (Å²) >= 11 is 0. The van der Waals surface area contributed by atoms with Crippen molar-refractivity contribution in [3.63, 3.8) is 0 Å². The second kappa shape index (κ2) is 6.86. The highest BCUT2D eigenvalue weighted by Crippen LogP contribution is 2.24. The molecule has 24 heavy (non-hydrogen) atoms. The highest BCUT2D eigenvalue weighted by molar-refractivity contribution is 5.70. The molecule has 0 aliphatic carbocycles. The molecule has 0 atom stereocenters. The third-order valence-electron chi connectivity index (χ3n) is 4.32. The number of rotatable bonds is 4. The minimum absolute atomic E-state index is 0.241. The van der Waals surface area contributed by atoms with Crippen LogP contribution < -0.4 is 10.2 Å². The average molecular weight is 326 g/mol. The highest BCUT2D eigenvalue weighted by atomic mass is 16.4. The zero-order chi connectivity index (χ0) is 17.1. The van der Waals surface area contributed by atoms with Crippen molar-refractivity contribution in [1.82, 2.24) is 9.97 Å². The van der Waals surface area contributed by atoms with E-state index in [1.54, 1.807) is 0 Å². The van der Waals surface area contributed by atoms with E-state index in [0.29, 0.717) is 31.9 Å². The number of anilines is 3. The molecule has 1 aliphatic rings. The van der Waals surface area contributed by atoms with Gasteiger partial charge in [-0.15, -0.1) is 0 Å². The Hall–Kier alpha value is -2.63. The fraction of sp³-hybridized carbons (Fsp3) is 0.389. The van der Waals surface area contributed by atoms with Gasteiger partial charge in [-0.3, -0.25) is 4.79 Å². The maximum Gasteiger partial charge on any atom is 0.306 e. The number of aliphatic carboxylic acids is 1. The predicted molar refractivity (Wildman–Crippen MR) is 93.8 cm³/mol. The van der Waals surface area contributed by atoms with Gasteiger partial charge in [-0.05, 0) is 38.8 Å². The molecule has 0 spiro atoms. The van der Waals surface area contributed by atoms with Crippen molar-refractivity contribution in [3.05, 3.63) is 41.6 Å². The second-order valence-corrected chi connectivity index (χ2v) is 6.28. The summed E-state index contributed by atoms with van der Waals surface area (Å²) < 4.78 is 0. The Bertz CT molecular complexity index is 722. The molecule has 6 nitrogen and oxygen atoms in total. The zero-order valence-electron chi connectivity index (χ0n) is 14.0. The number of carboxylic acids is 1. The van der Waals surface area contributed by atoms with Crippen LogP contribution in [0.3, 0.4) is 0 Å². The number of nitrogens with zero attached hydrogens (tertiary/aromatic N) is 3.